The molecule has 6 heteroatoms. The van der Waals surface area contributed by atoms with Gasteiger partial charge >= 0.3 is 5.97 Å². The summed E-state index contributed by atoms with van der Waals surface area (Å²) in [6.45, 7) is 1.71. The molecule has 0 heterocycles. The standard InChI is InChI=1S/C15H17F2NO3/c1-8(5-6-13(19)20)18-15(21)10-7-9(10)14-11(16)3-2-4-12(14)17/h2-4,8-10H,5-7H2,1H3,(H,18,21)(H,19,20)/t8-,9-,10+/m1/s1. The van der Waals surface area contributed by atoms with Gasteiger partial charge in [-0.05, 0) is 31.9 Å². The van der Waals surface area contributed by atoms with E-state index in [1.807, 2.05) is 0 Å². The summed E-state index contributed by atoms with van der Waals surface area (Å²) in [5.74, 6) is -3.33. The van der Waals surface area contributed by atoms with Gasteiger partial charge in [-0.15, -0.1) is 0 Å². The van der Waals surface area contributed by atoms with Crippen molar-refractivity contribution in [2.24, 2.45) is 5.92 Å². The molecule has 2 rings (SSSR count). The fourth-order valence-corrected chi connectivity index (χ4v) is 2.43. The lowest BCUT2D eigenvalue weighted by Gasteiger charge is -2.12. The van der Waals surface area contributed by atoms with Crippen LogP contribution in [-0.2, 0) is 9.59 Å². The summed E-state index contributed by atoms with van der Waals surface area (Å²) in [6, 6.07) is 3.38. The Balaban J connectivity index is 1.91. The average molecular weight is 297 g/mol. The van der Waals surface area contributed by atoms with E-state index in [4.69, 9.17) is 5.11 Å². The molecular formula is C15H17F2NO3. The molecule has 0 aliphatic heterocycles. The van der Waals surface area contributed by atoms with Gasteiger partial charge in [-0.3, -0.25) is 9.59 Å². The third-order valence-corrected chi connectivity index (χ3v) is 3.68. The SMILES string of the molecule is C[C@H](CCC(=O)O)NC(=O)[C@H]1C[C@H]1c1c(F)cccc1F. The minimum atomic E-state index is -0.922. The van der Waals surface area contributed by atoms with Crippen LogP contribution in [0.2, 0.25) is 0 Å². The van der Waals surface area contributed by atoms with E-state index in [1.54, 1.807) is 6.92 Å². The van der Waals surface area contributed by atoms with Crippen LogP contribution in [0.25, 0.3) is 0 Å². The zero-order valence-corrected chi connectivity index (χ0v) is 11.6. The number of hydrogen-bond acceptors (Lipinski definition) is 2. The molecule has 0 aromatic heterocycles. The Kier molecular flexibility index (Phi) is 4.55. The van der Waals surface area contributed by atoms with Crippen LogP contribution in [0.3, 0.4) is 0 Å². The van der Waals surface area contributed by atoms with E-state index >= 15 is 0 Å². The average Bonchev–Trinajstić information content (AvgIpc) is 3.16. The Morgan fingerprint density at radius 2 is 2.00 bits per heavy atom. The highest BCUT2D eigenvalue weighted by Crippen LogP contribution is 2.49. The first-order valence-corrected chi connectivity index (χ1v) is 6.86. The summed E-state index contributed by atoms with van der Waals surface area (Å²) in [6.07, 6.45) is 0.708. The Hall–Kier alpha value is -1.98. The van der Waals surface area contributed by atoms with Crippen molar-refractivity contribution in [3.8, 4) is 0 Å². The Morgan fingerprint density at radius 3 is 2.57 bits per heavy atom. The monoisotopic (exact) mass is 297 g/mol. The minimum Gasteiger partial charge on any atom is -0.481 e. The van der Waals surface area contributed by atoms with Crippen LogP contribution >= 0.6 is 0 Å². The first kappa shape index (κ1) is 15.4. The summed E-state index contributed by atoms with van der Waals surface area (Å²) in [5, 5.41) is 11.3. The zero-order chi connectivity index (χ0) is 15.6. The van der Waals surface area contributed by atoms with Crippen molar-refractivity contribution in [1.82, 2.24) is 5.32 Å². The Morgan fingerprint density at radius 1 is 1.38 bits per heavy atom. The van der Waals surface area contributed by atoms with Crippen molar-refractivity contribution < 1.29 is 23.5 Å². The van der Waals surface area contributed by atoms with Gasteiger partial charge in [0.1, 0.15) is 11.6 Å². The van der Waals surface area contributed by atoms with Crippen molar-refractivity contribution in [2.75, 3.05) is 0 Å². The van der Waals surface area contributed by atoms with Gasteiger partial charge in [0.25, 0.3) is 0 Å². The summed E-state index contributed by atoms with van der Waals surface area (Å²) in [4.78, 5) is 22.4. The number of halogens is 2. The number of rotatable bonds is 6. The van der Waals surface area contributed by atoms with Crippen LogP contribution in [0.15, 0.2) is 18.2 Å². The lowest BCUT2D eigenvalue weighted by Crippen LogP contribution is -2.34. The van der Waals surface area contributed by atoms with Crippen molar-refractivity contribution >= 4 is 11.9 Å². The topological polar surface area (TPSA) is 66.4 Å². The third kappa shape index (κ3) is 3.77. The van der Waals surface area contributed by atoms with E-state index in [-0.39, 0.29) is 23.9 Å². The number of carboxylic acid groups (broad SMARTS) is 1. The highest BCUT2D eigenvalue weighted by molar-refractivity contribution is 5.83. The second-order valence-electron chi connectivity index (χ2n) is 5.43. The van der Waals surface area contributed by atoms with E-state index in [1.165, 1.54) is 18.2 Å². The van der Waals surface area contributed by atoms with Crippen LogP contribution in [-0.4, -0.2) is 23.0 Å². The molecule has 0 spiro atoms. The van der Waals surface area contributed by atoms with Crippen LogP contribution in [0.4, 0.5) is 8.78 Å². The van der Waals surface area contributed by atoms with E-state index < -0.39 is 29.4 Å². The molecule has 2 N–H and O–H groups in total. The van der Waals surface area contributed by atoms with Gasteiger partial charge in [-0.1, -0.05) is 6.07 Å². The molecule has 1 saturated carbocycles. The van der Waals surface area contributed by atoms with Crippen LogP contribution in [0, 0.1) is 17.6 Å². The number of aliphatic carboxylic acids is 1. The van der Waals surface area contributed by atoms with Gasteiger partial charge in [0.15, 0.2) is 0 Å². The number of benzene rings is 1. The van der Waals surface area contributed by atoms with Gasteiger partial charge in [0, 0.05) is 29.9 Å². The van der Waals surface area contributed by atoms with E-state index in [0.717, 1.165) is 0 Å². The summed E-state index contributed by atoms with van der Waals surface area (Å²) in [5.41, 5.74) is -0.0316. The van der Waals surface area contributed by atoms with Crippen LogP contribution in [0.1, 0.15) is 37.7 Å². The fourth-order valence-electron chi connectivity index (χ4n) is 2.43. The first-order chi connectivity index (χ1) is 9.90. The molecule has 1 aliphatic rings. The largest absolute Gasteiger partial charge is 0.481 e. The molecular weight excluding hydrogens is 280 g/mol. The third-order valence-electron chi connectivity index (χ3n) is 3.68. The minimum absolute atomic E-state index is 0.0303. The molecule has 1 amide bonds. The highest BCUT2D eigenvalue weighted by Gasteiger charge is 2.46. The summed E-state index contributed by atoms with van der Waals surface area (Å²) in [7, 11) is 0. The Labute approximate surface area is 121 Å². The van der Waals surface area contributed by atoms with Crippen LogP contribution in [0.5, 0.6) is 0 Å². The molecule has 1 aliphatic carbocycles. The normalized spacial score (nSPS) is 21.7. The maximum atomic E-state index is 13.6. The Bertz CT molecular complexity index is 542. The van der Waals surface area contributed by atoms with Crippen LogP contribution < -0.4 is 5.32 Å². The van der Waals surface area contributed by atoms with Gasteiger partial charge in [0.2, 0.25) is 5.91 Å². The molecule has 0 saturated heterocycles. The van der Waals surface area contributed by atoms with Gasteiger partial charge in [-0.25, -0.2) is 8.78 Å². The number of hydrogen-bond donors (Lipinski definition) is 2. The predicted molar refractivity (Wildman–Crippen MR) is 71.7 cm³/mol. The quantitative estimate of drug-likeness (QED) is 0.847. The summed E-state index contributed by atoms with van der Waals surface area (Å²) >= 11 is 0. The molecule has 1 aromatic carbocycles. The summed E-state index contributed by atoms with van der Waals surface area (Å²) < 4.78 is 27.2. The van der Waals surface area contributed by atoms with Gasteiger partial charge < -0.3 is 10.4 Å². The van der Waals surface area contributed by atoms with E-state index in [2.05, 4.69) is 5.32 Å². The molecule has 0 bridgehead atoms. The second kappa shape index (κ2) is 6.20. The number of carboxylic acids is 1. The first-order valence-electron chi connectivity index (χ1n) is 6.86. The van der Waals surface area contributed by atoms with Crippen molar-refractivity contribution in [1.29, 1.82) is 0 Å². The number of amides is 1. The van der Waals surface area contributed by atoms with Gasteiger partial charge in [-0.2, -0.15) is 0 Å². The highest BCUT2D eigenvalue weighted by atomic mass is 19.1. The molecule has 114 valence electrons. The second-order valence-corrected chi connectivity index (χ2v) is 5.43. The molecule has 1 fully saturated rings. The van der Waals surface area contributed by atoms with Gasteiger partial charge in [0.05, 0.1) is 0 Å². The van der Waals surface area contributed by atoms with Crippen molar-refractivity contribution in [3.63, 3.8) is 0 Å². The lowest BCUT2D eigenvalue weighted by atomic mass is 10.1. The molecule has 0 unspecified atom stereocenters. The molecule has 4 nitrogen and oxygen atoms in total. The number of nitrogens with one attached hydrogen (secondary N) is 1. The maximum Gasteiger partial charge on any atom is 0.303 e. The van der Waals surface area contributed by atoms with Crippen molar-refractivity contribution in [2.45, 2.75) is 38.1 Å². The zero-order valence-electron chi connectivity index (χ0n) is 11.6. The van der Waals surface area contributed by atoms with Crippen molar-refractivity contribution in [3.05, 3.63) is 35.4 Å². The lowest BCUT2D eigenvalue weighted by molar-refractivity contribution is -0.137. The van der Waals surface area contributed by atoms with E-state index in [0.29, 0.717) is 12.8 Å². The van der Waals surface area contributed by atoms with E-state index in [9.17, 15) is 18.4 Å². The number of carbonyl (C=O) groups excluding carboxylic acids is 1. The predicted octanol–water partition coefficient (Wildman–Crippen LogP) is 2.44. The molecule has 0 radical (unpaired) electrons. The molecule has 21 heavy (non-hydrogen) atoms. The molecule has 1 aromatic rings. The molecule has 3 atom stereocenters. The number of carbonyl (C=O) groups is 2. The fraction of sp³-hybridized carbons (Fsp3) is 0.467. The smallest absolute Gasteiger partial charge is 0.303 e. The maximum absolute atomic E-state index is 13.6.